The molecule has 0 radical (unpaired) electrons. The molecule has 6 rings (SSSR count). The number of primary amides is 1. The Bertz CT molecular complexity index is 1890. The molecule has 220 valence electrons. The van der Waals surface area contributed by atoms with Gasteiger partial charge in [0.05, 0.1) is 28.1 Å². The Hall–Kier alpha value is -3.76. The number of hydrogen-bond acceptors (Lipinski definition) is 4. The van der Waals surface area contributed by atoms with Gasteiger partial charge in [-0.2, -0.15) is 0 Å². The molecule has 2 aliphatic rings. The number of halogens is 3. The van der Waals surface area contributed by atoms with E-state index in [1.54, 1.807) is 32.9 Å². The second-order valence-electron chi connectivity index (χ2n) is 12.1. The van der Waals surface area contributed by atoms with Crippen molar-refractivity contribution in [3.05, 3.63) is 96.4 Å². The summed E-state index contributed by atoms with van der Waals surface area (Å²) in [7, 11) is 0. The van der Waals surface area contributed by atoms with Gasteiger partial charge in [0.15, 0.2) is 5.82 Å². The number of carbonyl (C=O) groups is 1. The molecule has 4 atom stereocenters. The molecule has 0 saturated carbocycles. The van der Waals surface area contributed by atoms with Crippen molar-refractivity contribution in [2.24, 2.45) is 11.7 Å². The largest absolute Gasteiger partial charge is 0.390 e. The molecule has 4 aromatic rings. The summed E-state index contributed by atoms with van der Waals surface area (Å²) < 4.78 is 29.3. The van der Waals surface area contributed by atoms with Crippen molar-refractivity contribution < 1.29 is 18.7 Å². The first-order valence-corrected chi connectivity index (χ1v) is 14.3. The van der Waals surface area contributed by atoms with Crippen molar-refractivity contribution >= 4 is 28.4 Å². The molecule has 0 bridgehead atoms. The van der Waals surface area contributed by atoms with Crippen LogP contribution in [0.5, 0.6) is 0 Å². The number of alkyl halides is 1. The van der Waals surface area contributed by atoms with Gasteiger partial charge in [-0.1, -0.05) is 12.1 Å². The first-order valence-electron chi connectivity index (χ1n) is 13.9. The number of carbonyl (C=O) groups excluding carboxylic acids is 1. The number of aromatic amines is 2. The highest BCUT2D eigenvalue weighted by atomic mass is 35.5. The lowest BCUT2D eigenvalue weighted by atomic mass is 9.71. The molecule has 0 aliphatic heterocycles. The number of hydrogen-bond donors (Lipinski definition) is 4. The molecule has 2 aliphatic carbocycles. The molecule has 42 heavy (non-hydrogen) atoms. The zero-order valence-corrected chi connectivity index (χ0v) is 24.1. The average Bonchev–Trinajstić information content (AvgIpc) is 3.28. The third-order valence-electron chi connectivity index (χ3n) is 9.13. The van der Waals surface area contributed by atoms with Gasteiger partial charge in [-0.15, -0.1) is 11.6 Å². The number of nitrogens with zero attached hydrogens (tertiary/aromatic N) is 1. The van der Waals surface area contributed by atoms with Crippen LogP contribution in [-0.4, -0.2) is 36.5 Å². The van der Waals surface area contributed by atoms with Crippen LogP contribution in [0.1, 0.15) is 72.2 Å². The molecule has 0 fully saturated rings. The number of rotatable bonds is 4. The highest BCUT2D eigenvalue weighted by molar-refractivity contribution is 6.22. The van der Waals surface area contributed by atoms with Gasteiger partial charge in [0.2, 0.25) is 5.91 Å². The van der Waals surface area contributed by atoms with E-state index in [0.29, 0.717) is 30.2 Å². The maximum Gasteiger partial charge on any atom is 0.333 e. The van der Waals surface area contributed by atoms with Gasteiger partial charge in [0.1, 0.15) is 5.82 Å². The van der Waals surface area contributed by atoms with E-state index in [9.17, 15) is 28.3 Å². The van der Waals surface area contributed by atoms with Crippen LogP contribution in [-0.2, 0) is 17.6 Å². The molecule has 8 nitrogen and oxygen atoms in total. The molecule has 2 heterocycles. The second kappa shape index (κ2) is 9.91. The third kappa shape index (κ3) is 4.39. The standard InChI is InChI=1S/C31H31ClF2N4O4/c1-13-16(5-4-6-23(13)38-29(40)19-10-15(33)11-21(34)26(19)37-30(38)41)24-20(32)12-18(28(35)39)27-25(24)17-8-7-14(31(2,3)42)9-22(17)36-27/h4-6,10-11,14,18,20,24,36,42H,7-9,12H2,1-3H3,(H2,35,39)(H,37,41)/t14-,18-,20?,24+/m0/s1. The molecule has 2 aromatic heterocycles. The number of aromatic nitrogens is 3. The van der Waals surface area contributed by atoms with Crippen LogP contribution in [0.2, 0.25) is 0 Å². The van der Waals surface area contributed by atoms with Crippen LogP contribution >= 0.6 is 11.6 Å². The van der Waals surface area contributed by atoms with Crippen LogP contribution in [0.15, 0.2) is 39.9 Å². The van der Waals surface area contributed by atoms with E-state index >= 15 is 0 Å². The van der Waals surface area contributed by atoms with E-state index in [4.69, 9.17) is 17.3 Å². The van der Waals surface area contributed by atoms with Gasteiger partial charge in [0, 0.05) is 28.7 Å². The van der Waals surface area contributed by atoms with Crippen molar-refractivity contribution in [2.75, 3.05) is 0 Å². The summed E-state index contributed by atoms with van der Waals surface area (Å²) in [6, 6.07) is 6.67. The molecule has 0 spiro atoms. The first kappa shape index (κ1) is 28.4. The summed E-state index contributed by atoms with van der Waals surface area (Å²) >= 11 is 7.05. The van der Waals surface area contributed by atoms with Gasteiger partial charge in [-0.05, 0) is 86.8 Å². The molecule has 1 amide bonds. The van der Waals surface area contributed by atoms with Crippen LogP contribution < -0.4 is 17.0 Å². The van der Waals surface area contributed by atoms with Crippen molar-refractivity contribution in [3.8, 4) is 5.69 Å². The predicted octanol–water partition coefficient (Wildman–Crippen LogP) is 4.18. The van der Waals surface area contributed by atoms with Gasteiger partial charge in [0.25, 0.3) is 5.56 Å². The lowest BCUT2D eigenvalue weighted by Crippen LogP contribution is -2.36. The molecule has 2 aromatic carbocycles. The molecule has 5 N–H and O–H groups in total. The van der Waals surface area contributed by atoms with E-state index in [-0.39, 0.29) is 28.9 Å². The van der Waals surface area contributed by atoms with Gasteiger partial charge in [-0.3, -0.25) is 9.59 Å². The number of benzene rings is 2. The van der Waals surface area contributed by atoms with Crippen LogP contribution in [0, 0.1) is 24.5 Å². The number of amides is 1. The quantitative estimate of drug-likeness (QED) is 0.263. The number of fused-ring (bicyclic) bond motifs is 4. The Balaban J connectivity index is 1.54. The summed E-state index contributed by atoms with van der Waals surface area (Å²) in [5.74, 6) is -3.46. The SMILES string of the molecule is Cc1c([C@H]2c3c([nH]c4c3CC[C@H](C(C)(C)O)C4)[C@@H](C(N)=O)CC2Cl)cccc1-n1c(=O)[nH]c2c(F)cc(F)cc2c1=O. The smallest absolute Gasteiger partial charge is 0.333 e. The second-order valence-corrected chi connectivity index (χ2v) is 12.6. The Kier molecular flexibility index (Phi) is 6.69. The van der Waals surface area contributed by atoms with Crippen molar-refractivity contribution in [3.63, 3.8) is 0 Å². The highest BCUT2D eigenvalue weighted by Crippen LogP contribution is 2.50. The number of nitrogens with one attached hydrogen (secondary N) is 2. The number of aliphatic hydroxyl groups is 1. The average molecular weight is 597 g/mol. The fourth-order valence-corrected chi connectivity index (χ4v) is 7.38. The molecule has 1 unspecified atom stereocenters. The van der Waals surface area contributed by atoms with Crippen molar-refractivity contribution in [1.29, 1.82) is 0 Å². The zero-order valence-electron chi connectivity index (χ0n) is 23.4. The van der Waals surface area contributed by atoms with Gasteiger partial charge >= 0.3 is 5.69 Å². The normalized spacial score (nSPS) is 22.2. The fourth-order valence-electron chi connectivity index (χ4n) is 6.94. The van der Waals surface area contributed by atoms with Crippen molar-refractivity contribution in [2.45, 2.75) is 69.3 Å². The molecular weight excluding hydrogens is 566 g/mol. The topological polar surface area (TPSA) is 134 Å². The van der Waals surface area contributed by atoms with E-state index in [2.05, 4.69) is 9.97 Å². The number of nitrogens with two attached hydrogens (primary N) is 1. The minimum atomic E-state index is -1.04. The molecule has 11 heteroatoms. The minimum Gasteiger partial charge on any atom is -0.390 e. The minimum absolute atomic E-state index is 0.0219. The third-order valence-corrected chi connectivity index (χ3v) is 9.56. The van der Waals surface area contributed by atoms with E-state index < -0.39 is 51.6 Å². The highest BCUT2D eigenvalue weighted by Gasteiger charge is 2.43. The van der Waals surface area contributed by atoms with Crippen LogP contribution in [0.3, 0.4) is 0 Å². The summed E-state index contributed by atoms with van der Waals surface area (Å²) in [4.78, 5) is 45.0. The maximum atomic E-state index is 14.4. The van der Waals surface area contributed by atoms with Crippen molar-refractivity contribution in [1.82, 2.24) is 14.5 Å². The van der Waals surface area contributed by atoms with Crippen LogP contribution in [0.25, 0.3) is 16.6 Å². The lowest BCUT2D eigenvalue weighted by molar-refractivity contribution is -0.119. The summed E-state index contributed by atoms with van der Waals surface area (Å²) in [6.45, 7) is 5.35. The Morgan fingerprint density at radius 3 is 2.62 bits per heavy atom. The molecule has 0 saturated heterocycles. The molecular formula is C31H31ClF2N4O4. The summed E-state index contributed by atoms with van der Waals surface area (Å²) in [5.41, 5.74) is 8.03. The maximum absolute atomic E-state index is 14.4. The number of H-pyrrole nitrogens is 2. The lowest BCUT2D eigenvalue weighted by Gasteiger charge is -2.35. The summed E-state index contributed by atoms with van der Waals surface area (Å²) in [6.07, 6.45) is 2.30. The van der Waals surface area contributed by atoms with Gasteiger partial charge in [-0.25, -0.2) is 18.1 Å². The van der Waals surface area contributed by atoms with Gasteiger partial charge < -0.3 is 20.8 Å². The predicted molar refractivity (Wildman–Crippen MR) is 155 cm³/mol. The monoisotopic (exact) mass is 596 g/mol. The Morgan fingerprint density at radius 1 is 1.19 bits per heavy atom. The first-order chi connectivity index (χ1) is 19.8. The zero-order chi connectivity index (χ0) is 30.2. The van der Waals surface area contributed by atoms with E-state index in [0.717, 1.165) is 39.4 Å². The Morgan fingerprint density at radius 2 is 1.93 bits per heavy atom. The van der Waals surface area contributed by atoms with Crippen LogP contribution in [0.4, 0.5) is 8.78 Å². The fraction of sp³-hybridized carbons (Fsp3) is 0.387. The summed E-state index contributed by atoms with van der Waals surface area (Å²) in [5, 5.41) is 9.86. The Labute approximate surface area is 244 Å². The van der Waals surface area contributed by atoms with E-state index in [1.807, 2.05) is 6.07 Å². The van der Waals surface area contributed by atoms with E-state index in [1.165, 1.54) is 0 Å².